The van der Waals surface area contributed by atoms with Gasteiger partial charge < -0.3 is 9.40 Å². The van der Waals surface area contributed by atoms with Crippen LogP contribution in [-0.2, 0) is 20.1 Å². The van der Waals surface area contributed by atoms with Crippen LogP contribution in [0.25, 0.3) is 55.6 Å². The monoisotopic (exact) mass is 863 g/mol. The Hall–Kier alpha value is -3.90. The summed E-state index contributed by atoms with van der Waals surface area (Å²) < 4.78 is 54.2. The van der Waals surface area contributed by atoms with E-state index in [-0.39, 0.29) is 31.3 Å². The zero-order chi connectivity index (χ0) is 35.8. The Labute approximate surface area is 298 Å². The Morgan fingerprint density at radius 1 is 0.830 bits per heavy atom. The molecule has 3 nitrogen and oxygen atoms in total. The Balaban J connectivity index is 0.000000249. The van der Waals surface area contributed by atoms with Crippen molar-refractivity contribution in [2.24, 2.45) is 0 Å². The molecule has 0 saturated heterocycles. The van der Waals surface area contributed by atoms with Crippen LogP contribution in [0.4, 0.5) is 4.39 Å². The van der Waals surface area contributed by atoms with Gasteiger partial charge in [0.2, 0.25) is 0 Å². The summed E-state index contributed by atoms with van der Waals surface area (Å²) in [6, 6.07) is 35.2. The van der Waals surface area contributed by atoms with Crippen LogP contribution in [0.3, 0.4) is 0 Å². The molecular formula is C41H37FGeIrN2O-2. The van der Waals surface area contributed by atoms with E-state index in [1.165, 1.54) is 16.5 Å². The molecule has 3 aromatic heterocycles. The van der Waals surface area contributed by atoms with Crippen molar-refractivity contribution in [2.75, 3.05) is 0 Å². The predicted octanol–water partition coefficient (Wildman–Crippen LogP) is 10.8. The number of halogens is 1. The molecule has 4 aromatic carbocycles. The number of nitrogens with zero attached hydrogens (tertiary/aromatic N) is 2. The van der Waals surface area contributed by atoms with Crippen LogP contribution in [0, 0.1) is 24.8 Å². The third-order valence-electron chi connectivity index (χ3n) is 7.96. The van der Waals surface area contributed by atoms with Crippen LogP contribution in [0.2, 0.25) is 17.3 Å². The molecule has 0 N–H and O–H groups in total. The van der Waals surface area contributed by atoms with Gasteiger partial charge in [0, 0.05) is 37.2 Å². The van der Waals surface area contributed by atoms with Crippen LogP contribution in [0.5, 0.6) is 0 Å². The van der Waals surface area contributed by atoms with Gasteiger partial charge in [0.05, 0.1) is 5.58 Å². The minimum atomic E-state index is -2.46. The SMILES string of the molecule is [2H]C([2H])([2H])c1c(-c2ccc(F)cc2)ccc2c1oc1c(-c3cc(C([2H])(C)C)ccn3)[c-]ccc12.[CH3][Ge]([CH3])([CH3])[c]1ccc(-c2[c-]cccc2)nc1.[Ir]. The first-order valence-electron chi connectivity index (χ1n) is 17.2. The number of benzene rings is 4. The summed E-state index contributed by atoms with van der Waals surface area (Å²) in [5.41, 5.74) is 5.93. The van der Waals surface area contributed by atoms with Gasteiger partial charge in [-0.15, -0.1) is 18.2 Å². The molecule has 239 valence electrons. The molecule has 7 aromatic rings. The first-order chi connectivity index (χ1) is 23.6. The van der Waals surface area contributed by atoms with Gasteiger partial charge in [0.1, 0.15) is 11.4 Å². The Morgan fingerprint density at radius 2 is 1.62 bits per heavy atom. The third kappa shape index (κ3) is 7.49. The van der Waals surface area contributed by atoms with Gasteiger partial charge in [-0.1, -0.05) is 60.7 Å². The van der Waals surface area contributed by atoms with Crippen molar-refractivity contribution in [2.45, 2.75) is 43.9 Å². The summed E-state index contributed by atoms with van der Waals surface area (Å²) in [4.78, 5) is 9.00. The standard InChI is InChI=1S/C27H21FNO.C14H16GeN.Ir/c1-16(2)19-13-14-29-25(15-19)24-6-4-5-22-23-12-11-21(17(3)26(23)30-27(22)24)18-7-9-20(28)10-8-18;1-15(2,3)13-9-10-14(16-11-13)12-7-5-4-6-8-12;/h4-5,7-16H,1-3H3;4-7,9-11H,1-3H3;/q2*-1;/i3D3,16D;;. The van der Waals surface area contributed by atoms with E-state index in [4.69, 9.17) is 9.90 Å². The zero-order valence-electron chi connectivity index (χ0n) is 30.9. The average molecular weight is 862 g/mol. The van der Waals surface area contributed by atoms with E-state index >= 15 is 0 Å². The second kappa shape index (κ2) is 14.5. The number of furan rings is 1. The van der Waals surface area contributed by atoms with E-state index < -0.39 is 31.8 Å². The zero-order valence-corrected chi connectivity index (χ0v) is 31.4. The van der Waals surface area contributed by atoms with E-state index in [1.54, 1.807) is 50.4 Å². The summed E-state index contributed by atoms with van der Waals surface area (Å²) in [7, 11) is 0. The number of hydrogen-bond donors (Lipinski definition) is 0. The maximum atomic E-state index is 13.5. The first-order valence-corrected chi connectivity index (χ1v) is 22.5. The molecule has 0 fully saturated rings. The molecule has 47 heavy (non-hydrogen) atoms. The number of pyridine rings is 2. The minimum Gasteiger partial charge on any atom is 0 e. The molecule has 7 rings (SSSR count). The Morgan fingerprint density at radius 3 is 2.28 bits per heavy atom. The van der Waals surface area contributed by atoms with Crippen molar-refractivity contribution in [3.05, 3.63) is 139 Å². The summed E-state index contributed by atoms with van der Waals surface area (Å²) in [6.45, 7) is 1.14. The molecule has 6 heteroatoms. The predicted molar refractivity (Wildman–Crippen MR) is 191 cm³/mol. The molecule has 0 atom stereocenters. The Kier molecular flexibility index (Phi) is 9.01. The summed E-state index contributed by atoms with van der Waals surface area (Å²) in [6.07, 6.45) is 3.69. The van der Waals surface area contributed by atoms with Crippen LogP contribution in [-0.4, -0.2) is 23.2 Å². The molecule has 0 aliphatic carbocycles. The van der Waals surface area contributed by atoms with Crippen molar-refractivity contribution in [3.8, 4) is 33.6 Å². The van der Waals surface area contributed by atoms with Crippen LogP contribution in [0.15, 0.2) is 114 Å². The molecule has 1 radical (unpaired) electrons. The number of aromatic nitrogens is 2. The van der Waals surface area contributed by atoms with Crippen LogP contribution < -0.4 is 4.40 Å². The molecule has 0 aliphatic rings. The van der Waals surface area contributed by atoms with Gasteiger partial charge in [0.25, 0.3) is 0 Å². The second-order valence-corrected chi connectivity index (χ2v) is 23.1. The first kappa shape index (κ1) is 29.3. The van der Waals surface area contributed by atoms with Gasteiger partial charge >= 0.3 is 99.8 Å². The normalized spacial score (nSPS) is 13.1. The second-order valence-electron chi connectivity index (χ2n) is 12.5. The van der Waals surface area contributed by atoms with Gasteiger partial charge in [-0.2, -0.15) is 0 Å². The molecule has 3 heterocycles. The van der Waals surface area contributed by atoms with Gasteiger partial charge in [-0.3, -0.25) is 0 Å². The molecule has 0 spiro atoms. The topological polar surface area (TPSA) is 38.9 Å². The maximum absolute atomic E-state index is 13.5. The number of aryl methyl sites for hydroxylation is 1. The maximum Gasteiger partial charge on any atom is 0 e. The van der Waals surface area contributed by atoms with E-state index in [9.17, 15) is 4.39 Å². The van der Waals surface area contributed by atoms with E-state index in [0.29, 0.717) is 33.4 Å². The van der Waals surface area contributed by atoms with Crippen LogP contribution >= 0.6 is 0 Å². The third-order valence-corrected chi connectivity index (χ3v) is 12.2. The molecule has 0 saturated carbocycles. The van der Waals surface area contributed by atoms with Crippen molar-refractivity contribution in [3.63, 3.8) is 0 Å². The van der Waals surface area contributed by atoms with Gasteiger partial charge in [0.15, 0.2) is 0 Å². The summed E-state index contributed by atoms with van der Waals surface area (Å²) in [5, 5.41) is 1.41. The average Bonchev–Trinajstić information content (AvgIpc) is 3.46. The molecule has 0 aliphatic heterocycles. The molecule has 0 unspecified atom stereocenters. The molecule has 0 bridgehead atoms. The quantitative estimate of drug-likeness (QED) is 0.128. The number of rotatable bonds is 5. The van der Waals surface area contributed by atoms with Crippen molar-refractivity contribution < 1.29 is 34.4 Å². The number of fused-ring (bicyclic) bond motifs is 3. The fourth-order valence-corrected chi connectivity index (χ4v) is 7.47. The molecule has 0 amide bonds. The fourth-order valence-electron chi connectivity index (χ4n) is 5.29. The van der Waals surface area contributed by atoms with E-state index in [2.05, 4.69) is 51.5 Å². The Bertz CT molecular complexity index is 2280. The summed E-state index contributed by atoms with van der Waals surface area (Å²) >= 11 is -1.72. The summed E-state index contributed by atoms with van der Waals surface area (Å²) in [5.74, 6) is 5.94. The van der Waals surface area contributed by atoms with Gasteiger partial charge in [-0.25, -0.2) is 4.39 Å². The van der Waals surface area contributed by atoms with E-state index in [0.717, 1.165) is 22.2 Å². The van der Waals surface area contributed by atoms with Gasteiger partial charge in [-0.05, 0) is 53.3 Å². The van der Waals surface area contributed by atoms with Crippen molar-refractivity contribution >= 4 is 39.6 Å². The van der Waals surface area contributed by atoms with Crippen molar-refractivity contribution in [1.82, 2.24) is 9.97 Å². The van der Waals surface area contributed by atoms with Crippen LogP contribution in [0.1, 0.15) is 36.4 Å². The smallest absolute Gasteiger partial charge is 0 e. The largest absolute Gasteiger partial charge is 0 e. The minimum absolute atomic E-state index is 0. The number of hydrogen-bond acceptors (Lipinski definition) is 3. The molecular weight excluding hydrogens is 820 g/mol. The van der Waals surface area contributed by atoms with Crippen molar-refractivity contribution in [1.29, 1.82) is 0 Å². The van der Waals surface area contributed by atoms with E-state index in [1.807, 2.05) is 48.7 Å². The fraction of sp³-hybridized carbons (Fsp3) is 0.171.